The van der Waals surface area contributed by atoms with Gasteiger partial charge in [0.2, 0.25) is 5.91 Å². The predicted octanol–water partition coefficient (Wildman–Crippen LogP) is 3.87. The van der Waals surface area contributed by atoms with Crippen LogP contribution in [0.2, 0.25) is 0 Å². The fourth-order valence-electron chi connectivity index (χ4n) is 2.35. The van der Waals surface area contributed by atoms with Gasteiger partial charge in [-0.25, -0.2) is 8.42 Å². The molecule has 7 heteroatoms. The topological polar surface area (TPSA) is 66.5 Å². The van der Waals surface area contributed by atoms with Gasteiger partial charge < -0.3 is 5.32 Å². The lowest BCUT2D eigenvalue weighted by Gasteiger charge is -2.24. The highest BCUT2D eigenvalue weighted by Gasteiger charge is 2.27. The number of carbonyl (C=O) groups is 1. The van der Waals surface area contributed by atoms with Crippen molar-refractivity contribution < 1.29 is 13.2 Å². The number of benzene rings is 2. The first-order chi connectivity index (χ1) is 12.3. The second kappa shape index (κ2) is 9.19. The first-order valence-corrected chi connectivity index (χ1v) is 10.7. The van der Waals surface area contributed by atoms with Crippen molar-refractivity contribution in [3.63, 3.8) is 0 Å². The summed E-state index contributed by atoms with van der Waals surface area (Å²) >= 11 is 3.34. The number of sulfonamides is 1. The zero-order valence-electron chi connectivity index (χ0n) is 14.9. The SMILES string of the molecule is CCCCNC(=O)CN(c1ccc(Br)cc1)S(=O)(=O)c1ccc(C)cc1. The molecule has 0 spiro atoms. The summed E-state index contributed by atoms with van der Waals surface area (Å²) in [5, 5.41) is 2.77. The Labute approximate surface area is 163 Å². The summed E-state index contributed by atoms with van der Waals surface area (Å²) in [7, 11) is -3.85. The largest absolute Gasteiger partial charge is 0.355 e. The van der Waals surface area contributed by atoms with E-state index in [1.165, 1.54) is 0 Å². The van der Waals surface area contributed by atoms with Crippen LogP contribution in [0.5, 0.6) is 0 Å². The van der Waals surface area contributed by atoms with Crippen molar-refractivity contribution in [3.05, 3.63) is 58.6 Å². The van der Waals surface area contributed by atoms with E-state index in [-0.39, 0.29) is 17.3 Å². The molecule has 0 saturated carbocycles. The highest BCUT2D eigenvalue weighted by molar-refractivity contribution is 9.10. The number of aryl methyl sites for hydroxylation is 1. The van der Waals surface area contributed by atoms with Gasteiger partial charge in [0, 0.05) is 11.0 Å². The van der Waals surface area contributed by atoms with E-state index in [0.29, 0.717) is 12.2 Å². The number of anilines is 1. The third kappa shape index (κ3) is 5.32. The van der Waals surface area contributed by atoms with Crippen LogP contribution in [0, 0.1) is 6.92 Å². The second-order valence-electron chi connectivity index (χ2n) is 6.00. The van der Waals surface area contributed by atoms with Crippen molar-refractivity contribution in [3.8, 4) is 0 Å². The van der Waals surface area contributed by atoms with Gasteiger partial charge in [0.15, 0.2) is 0 Å². The number of nitrogens with one attached hydrogen (secondary N) is 1. The molecule has 0 saturated heterocycles. The van der Waals surface area contributed by atoms with Crippen LogP contribution in [0.1, 0.15) is 25.3 Å². The van der Waals surface area contributed by atoms with Gasteiger partial charge in [-0.2, -0.15) is 0 Å². The van der Waals surface area contributed by atoms with Gasteiger partial charge in [-0.05, 0) is 49.7 Å². The van der Waals surface area contributed by atoms with Crippen LogP contribution >= 0.6 is 15.9 Å². The molecule has 0 aliphatic carbocycles. The molecule has 1 N–H and O–H groups in total. The van der Waals surface area contributed by atoms with Gasteiger partial charge in [0.05, 0.1) is 10.6 Å². The first kappa shape index (κ1) is 20.5. The Morgan fingerprint density at radius 3 is 2.27 bits per heavy atom. The fourth-order valence-corrected chi connectivity index (χ4v) is 4.04. The Balaban J connectivity index is 2.34. The van der Waals surface area contributed by atoms with E-state index in [0.717, 1.165) is 27.2 Å². The molecule has 1 amide bonds. The predicted molar refractivity (Wildman–Crippen MR) is 108 cm³/mol. The zero-order chi connectivity index (χ0) is 19.2. The molecule has 0 unspecified atom stereocenters. The van der Waals surface area contributed by atoms with Gasteiger partial charge in [-0.1, -0.05) is 47.0 Å². The fraction of sp³-hybridized carbons (Fsp3) is 0.316. The number of nitrogens with zero attached hydrogens (tertiary/aromatic N) is 1. The minimum Gasteiger partial charge on any atom is -0.355 e. The Kier molecular flexibility index (Phi) is 7.23. The molecular weight excluding hydrogens is 416 g/mol. The summed E-state index contributed by atoms with van der Waals surface area (Å²) in [6, 6.07) is 13.5. The third-order valence-corrected chi connectivity index (χ3v) is 6.18. The van der Waals surface area contributed by atoms with E-state index < -0.39 is 10.0 Å². The van der Waals surface area contributed by atoms with Crippen LogP contribution < -0.4 is 9.62 Å². The number of rotatable bonds is 8. The van der Waals surface area contributed by atoms with E-state index >= 15 is 0 Å². The average molecular weight is 439 g/mol. The van der Waals surface area contributed by atoms with Crippen molar-refractivity contribution in [2.24, 2.45) is 0 Å². The van der Waals surface area contributed by atoms with Crippen molar-refractivity contribution >= 4 is 37.5 Å². The number of carbonyl (C=O) groups excluding carboxylic acids is 1. The maximum absolute atomic E-state index is 13.1. The molecule has 26 heavy (non-hydrogen) atoms. The van der Waals surface area contributed by atoms with E-state index in [9.17, 15) is 13.2 Å². The Bertz CT molecular complexity index is 834. The molecular formula is C19H23BrN2O3S. The monoisotopic (exact) mass is 438 g/mol. The van der Waals surface area contributed by atoms with Crippen molar-refractivity contribution in [1.82, 2.24) is 5.32 Å². The standard InChI is InChI=1S/C19H23BrN2O3S/c1-3-4-13-21-19(23)14-22(17-9-7-16(20)8-10-17)26(24,25)18-11-5-15(2)6-12-18/h5-12H,3-4,13-14H2,1-2H3,(H,21,23). The lowest BCUT2D eigenvalue weighted by Crippen LogP contribution is -2.41. The number of halogens is 1. The van der Waals surface area contributed by atoms with E-state index in [1.807, 2.05) is 13.8 Å². The van der Waals surface area contributed by atoms with Crippen LogP contribution in [0.3, 0.4) is 0 Å². The zero-order valence-corrected chi connectivity index (χ0v) is 17.3. The molecule has 0 fully saturated rings. The van der Waals surface area contributed by atoms with Gasteiger partial charge in [0.1, 0.15) is 6.54 Å². The van der Waals surface area contributed by atoms with Crippen molar-refractivity contribution in [2.45, 2.75) is 31.6 Å². The van der Waals surface area contributed by atoms with Crippen LogP contribution in [0.15, 0.2) is 57.9 Å². The van der Waals surface area contributed by atoms with E-state index in [1.54, 1.807) is 48.5 Å². The van der Waals surface area contributed by atoms with Gasteiger partial charge in [-0.15, -0.1) is 0 Å². The number of hydrogen-bond acceptors (Lipinski definition) is 3. The normalized spacial score (nSPS) is 11.2. The van der Waals surface area contributed by atoms with E-state index in [2.05, 4.69) is 21.2 Å². The summed E-state index contributed by atoms with van der Waals surface area (Å²) in [5.41, 5.74) is 1.41. The Morgan fingerprint density at radius 2 is 1.69 bits per heavy atom. The molecule has 0 aliphatic heterocycles. The molecule has 2 aromatic carbocycles. The number of unbranched alkanes of at least 4 members (excludes halogenated alkanes) is 1. The summed E-state index contributed by atoms with van der Waals surface area (Å²) in [4.78, 5) is 12.4. The molecule has 2 aromatic rings. The maximum atomic E-state index is 13.1. The molecule has 2 rings (SSSR count). The van der Waals surface area contributed by atoms with Gasteiger partial charge >= 0.3 is 0 Å². The minimum atomic E-state index is -3.85. The van der Waals surface area contributed by atoms with Crippen LogP contribution in [-0.4, -0.2) is 27.4 Å². The summed E-state index contributed by atoms with van der Waals surface area (Å²) in [6.07, 6.45) is 1.81. The summed E-state index contributed by atoms with van der Waals surface area (Å²) in [5.74, 6) is -0.322. The maximum Gasteiger partial charge on any atom is 0.264 e. The number of hydrogen-bond donors (Lipinski definition) is 1. The molecule has 5 nitrogen and oxygen atoms in total. The van der Waals surface area contributed by atoms with Gasteiger partial charge in [-0.3, -0.25) is 9.10 Å². The molecule has 0 aromatic heterocycles. The third-order valence-electron chi connectivity index (χ3n) is 3.86. The first-order valence-electron chi connectivity index (χ1n) is 8.46. The smallest absolute Gasteiger partial charge is 0.264 e. The Morgan fingerprint density at radius 1 is 1.08 bits per heavy atom. The summed E-state index contributed by atoms with van der Waals surface area (Å²) in [6.45, 7) is 4.20. The van der Waals surface area contributed by atoms with Crippen molar-refractivity contribution in [2.75, 3.05) is 17.4 Å². The number of amides is 1. The highest BCUT2D eigenvalue weighted by atomic mass is 79.9. The van der Waals surface area contributed by atoms with Crippen LogP contribution in [0.25, 0.3) is 0 Å². The second-order valence-corrected chi connectivity index (χ2v) is 8.78. The van der Waals surface area contributed by atoms with Crippen LogP contribution in [0.4, 0.5) is 5.69 Å². The quantitative estimate of drug-likeness (QED) is 0.635. The molecule has 0 atom stereocenters. The lowest BCUT2D eigenvalue weighted by atomic mass is 10.2. The highest BCUT2D eigenvalue weighted by Crippen LogP contribution is 2.25. The average Bonchev–Trinajstić information content (AvgIpc) is 2.61. The molecule has 0 radical (unpaired) electrons. The van der Waals surface area contributed by atoms with Crippen LogP contribution in [-0.2, 0) is 14.8 Å². The van der Waals surface area contributed by atoms with Gasteiger partial charge in [0.25, 0.3) is 10.0 Å². The molecule has 140 valence electrons. The van der Waals surface area contributed by atoms with E-state index in [4.69, 9.17) is 0 Å². The lowest BCUT2D eigenvalue weighted by molar-refractivity contribution is -0.119. The van der Waals surface area contributed by atoms with Crippen molar-refractivity contribution in [1.29, 1.82) is 0 Å². The molecule has 0 bridgehead atoms. The molecule has 0 heterocycles. The Hall–Kier alpha value is -1.86. The minimum absolute atomic E-state index is 0.160. The molecule has 0 aliphatic rings. The summed E-state index contributed by atoms with van der Waals surface area (Å²) < 4.78 is 28.2.